The van der Waals surface area contributed by atoms with E-state index < -0.39 is 0 Å². The van der Waals surface area contributed by atoms with Crippen molar-refractivity contribution in [3.63, 3.8) is 0 Å². The molecule has 1 atom stereocenters. The Kier molecular flexibility index (Phi) is 2.62. The van der Waals surface area contributed by atoms with Gasteiger partial charge in [0.15, 0.2) is 0 Å². The highest BCUT2D eigenvalue weighted by Gasteiger charge is 2.34. The van der Waals surface area contributed by atoms with Crippen LogP contribution in [0.15, 0.2) is 4.52 Å². The SMILES string of the molecule is Cc1noc(N2CC(CN)CC2=O)c1C#N. The third-order valence-corrected chi connectivity index (χ3v) is 2.74. The zero-order valence-electron chi connectivity index (χ0n) is 8.93. The molecule has 16 heavy (non-hydrogen) atoms. The second kappa shape index (κ2) is 3.94. The molecule has 84 valence electrons. The van der Waals surface area contributed by atoms with E-state index in [1.807, 2.05) is 6.07 Å². The highest BCUT2D eigenvalue weighted by molar-refractivity contribution is 5.95. The van der Waals surface area contributed by atoms with Crippen LogP contribution < -0.4 is 10.6 Å². The minimum atomic E-state index is -0.0666. The summed E-state index contributed by atoms with van der Waals surface area (Å²) in [6.45, 7) is 2.63. The Bertz CT molecular complexity index is 460. The van der Waals surface area contributed by atoms with Crippen molar-refractivity contribution in [2.75, 3.05) is 18.0 Å². The quantitative estimate of drug-likeness (QED) is 0.766. The van der Waals surface area contributed by atoms with E-state index in [0.29, 0.717) is 30.8 Å². The Hall–Kier alpha value is -1.87. The summed E-state index contributed by atoms with van der Waals surface area (Å²) in [6.07, 6.45) is 0.404. The van der Waals surface area contributed by atoms with Crippen LogP contribution in [0.4, 0.5) is 5.88 Å². The molecule has 1 aromatic heterocycles. The number of aryl methyl sites for hydroxylation is 1. The summed E-state index contributed by atoms with van der Waals surface area (Å²) in [4.78, 5) is 13.1. The smallest absolute Gasteiger partial charge is 0.252 e. The van der Waals surface area contributed by atoms with E-state index in [-0.39, 0.29) is 17.7 Å². The topological polar surface area (TPSA) is 96.2 Å². The van der Waals surface area contributed by atoms with Crippen LogP contribution in [0.2, 0.25) is 0 Å². The fraction of sp³-hybridized carbons (Fsp3) is 0.500. The number of hydrogen-bond acceptors (Lipinski definition) is 5. The third-order valence-electron chi connectivity index (χ3n) is 2.74. The largest absolute Gasteiger partial charge is 0.336 e. The maximum absolute atomic E-state index is 11.7. The summed E-state index contributed by atoms with van der Waals surface area (Å²) in [5.74, 6) is 0.313. The lowest BCUT2D eigenvalue weighted by Gasteiger charge is -2.11. The monoisotopic (exact) mass is 220 g/mol. The molecule has 1 fully saturated rings. The molecular formula is C10H12N4O2. The highest BCUT2D eigenvalue weighted by atomic mass is 16.5. The molecular weight excluding hydrogens is 208 g/mol. The molecule has 0 aliphatic carbocycles. The predicted molar refractivity (Wildman–Crippen MR) is 55.5 cm³/mol. The number of anilines is 1. The average Bonchev–Trinajstić information content (AvgIpc) is 2.81. The maximum atomic E-state index is 11.7. The number of amides is 1. The molecule has 1 saturated heterocycles. The van der Waals surface area contributed by atoms with Crippen LogP contribution in [0, 0.1) is 24.2 Å². The van der Waals surface area contributed by atoms with E-state index in [4.69, 9.17) is 15.5 Å². The first-order chi connectivity index (χ1) is 7.67. The van der Waals surface area contributed by atoms with Crippen molar-refractivity contribution in [1.82, 2.24) is 5.16 Å². The summed E-state index contributed by atoms with van der Waals surface area (Å²) in [5, 5.41) is 12.6. The first-order valence-corrected chi connectivity index (χ1v) is 5.04. The molecule has 1 aliphatic heterocycles. The zero-order valence-corrected chi connectivity index (χ0v) is 8.93. The summed E-state index contributed by atoms with van der Waals surface area (Å²) >= 11 is 0. The number of rotatable bonds is 2. The Labute approximate surface area is 92.6 Å². The van der Waals surface area contributed by atoms with Gasteiger partial charge in [0, 0.05) is 13.0 Å². The Morgan fingerprint density at radius 3 is 3.06 bits per heavy atom. The normalized spacial score (nSPS) is 20.2. The molecule has 2 rings (SSSR count). The number of hydrogen-bond donors (Lipinski definition) is 1. The van der Waals surface area contributed by atoms with Crippen molar-refractivity contribution in [2.45, 2.75) is 13.3 Å². The van der Waals surface area contributed by atoms with Crippen molar-refractivity contribution in [1.29, 1.82) is 5.26 Å². The van der Waals surface area contributed by atoms with Crippen molar-refractivity contribution < 1.29 is 9.32 Å². The van der Waals surface area contributed by atoms with E-state index in [2.05, 4.69) is 5.16 Å². The molecule has 0 spiro atoms. The molecule has 1 unspecified atom stereocenters. The van der Waals surface area contributed by atoms with E-state index in [9.17, 15) is 4.79 Å². The van der Waals surface area contributed by atoms with Crippen molar-refractivity contribution in [2.24, 2.45) is 11.7 Å². The van der Waals surface area contributed by atoms with E-state index in [1.54, 1.807) is 6.92 Å². The number of aromatic nitrogens is 1. The maximum Gasteiger partial charge on any atom is 0.252 e. The fourth-order valence-electron chi connectivity index (χ4n) is 1.81. The van der Waals surface area contributed by atoms with Gasteiger partial charge in [-0.25, -0.2) is 0 Å². The van der Waals surface area contributed by atoms with Crippen molar-refractivity contribution in [3.05, 3.63) is 11.3 Å². The zero-order chi connectivity index (χ0) is 11.7. The first-order valence-electron chi connectivity index (χ1n) is 5.04. The summed E-state index contributed by atoms with van der Waals surface area (Å²) < 4.78 is 5.03. The first kappa shape index (κ1) is 10.6. The van der Waals surface area contributed by atoms with Gasteiger partial charge in [-0.3, -0.25) is 9.69 Å². The molecule has 0 aromatic carbocycles. The van der Waals surface area contributed by atoms with E-state index >= 15 is 0 Å². The minimum absolute atomic E-state index is 0.0666. The number of nitrogens with two attached hydrogens (primary N) is 1. The fourth-order valence-corrected chi connectivity index (χ4v) is 1.81. The minimum Gasteiger partial charge on any atom is -0.336 e. The van der Waals surface area contributed by atoms with Gasteiger partial charge in [-0.05, 0) is 19.4 Å². The summed E-state index contributed by atoms with van der Waals surface area (Å²) in [5.41, 5.74) is 6.35. The molecule has 2 heterocycles. The number of carbonyl (C=O) groups excluding carboxylic acids is 1. The summed E-state index contributed by atoms with van der Waals surface area (Å²) in [7, 11) is 0. The molecule has 1 aliphatic rings. The van der Waals surface area contributed by atoms with Gasteiger partial charge in [-0.2, -0.15) is 5.26 Å². The van der Waals surface area contributed by atoms with Gasteiger partial charge in [0.05, 0.1) is 0 Å². The Balaban J connectivity index is 2.32. The second-order valence-corrected chi connectivity index (χ2v) is 3.87. The predicted octanol–water partition coefficient (Wildman–Crippen LogP) is 0.166. The van der Waals surface area contributed by atoms with Gasteiger partial charge in [0.2, 0.25) is 5.91 Å². The van der Waals surface area contributed by atoms with Gasteiger partial charge in [0.1, 0.15) is 17.3 Å². The van der Waals surface area contributed by atoms with Crippen LogP contribution in [-0.4, -0.2) is 24.2 Å². The molecule has 1 aromatic rings. The Morgan fingerprint density at radius 2 is 2.50 bits per heavy atom. The van der Waals surface area contributed by atoms with Crippen LogP contribution in [0.1, 0.15) is 17.7 Å². The number of nitrogens with zero attached hydrogens (tertiary/aromatic N) is 3. The van der Waals surface area contributed by atoms with E-state index in [0.717, 1.165) is 0 Å². The molecule has 2 N–H and O–H groups in total. The van der Waals surface area contributed by atoms with Gasteiger partial charge in [-0.1, -0.05) is 5.16 Å². The van der Waals surface area contributed by atoms with Gasteiger partial charge in [-0.15, -0.1) is 0 Å². The van der Waals surface area contributed by atoms with Crippen LogP contribution in [-0.2, 0) is 4.79 Å². The van der Waals surface area contributed by atoms with Crippen LogP contribution in [0.3, 0.4) is 0 Å². The van der Waals surface area contributed by atoms with Crippen LogP contribution in [0.25, 0.3) is 0 Å². The molecule has 0 saturated carbocycles. The lowest BCUT2D eigenvalue weighted by atomic mass is 10.1. The van der Waals surface area contributed by atoms with E-state index in [1.165, 1.54) is 4.90 Å². The molecule has 6 nitrogen and oxygen atoms in total. The molecule has 0 radical (unpaired) electrons. The highest BCUT2D eigenvalue weighted by Crippen LogP contribution is 2.28. The standard InChI is InChI=1S/C10H12N4O2/c1-6-8(4-12)10(16-13-6)14-5-7(3-11)2-9(14)15/h7H,2-3,5,11H2,1H3. The van der Waals surface area contributed by atoms with Gasteiger partial charge in [0.25, 0.3) is 5.88 Å². The molecule has 6 heteroatoms. The number of carbonyl (C=O) groups is 1. The third kappa shape index (κ3) is 1.55. The van der Waals surface area contributed by atoms with Crippen LogP contribution >= 0.6 is 0 Å². The molecule has 0 bridgehead atoms. The lowest BCUT2D eigenvalue weighted by molar-refractivity contribution is -0.117. The average molecular weight is 220 g/mol. The molecule has 1 amide bonds. The Morgan fingerprint density at radius 1 is 1.75 bits per heavy atom. The van der Waals surface area contributed by atoms with Crippen molar-refractivity contribution >= 4 is 11.8 Å². The number of nitriles is 1. The van der Waals surface area contributed by atoms with Gasteiger partial charge < -0.3 is 10.3 Å². The van der Waals surface area contributed by atoms with Crippen LogP contribution in [0.5, 0.6) is 0 Å². The second-order valence-electron chi connectivity index (χ2n) is 3.87. The lowest BCUT2D eigenvalue weighted by Crippen LogP contribution is -2.26. The summed E-state index contributed by atoms with van der Waals surface area (Å²) in [6, 6.07) is 1.99. The van der Waals surface area contributed by atoms with Gasteiger partial charge >= 0.3 is 0 Å². The van der Waals surface area contributed by atoms with Crippen molar-refractivity contribution in [3.8, 4) is 6.07 Å².